The van der Waals surface area contributed by atoms with E-state index in [4.69, 9.17) is 15.0 Å². The molecule has 2 aromatic heterocycles. The second-order valence-corrected chi connectivity index (χ2v) is 5.38. The Kier molecular flexibility index (Phi) is 3.85. The first-order chi connectivity index (χ1) is 10.1. The van der Waals surface area contributed by atoms with Crippen LogP contribution in [0.1, 0.15) is 25.8 Å². The summed E-state index contributed by atoms with van der Waals surface area (Å²) in [7, 11) is 0. The maximum absolute atomic E-state index is 5.75. The van der Waals surface area contributed by atoms with Gasteiger partial charge in [0.1, 0.15) is 11.9 Å². The molecule has 0 amide bonds. The van der Waals surface area contributed by atoms with E-state index in [9.17, 15) is 0 Å². The minimum atomic E-state index is -0.155. The van der Waals surface area contributed by atoms with Crippen molar-refractivity contribution in [1.29, 1.82) is 0 Å². The van der Waals surface area contributed by atoms with Gasteiger partial charge in [-0.1, -0.05) is 5.16 Å². The molecule has 0 radical (unpaired) electrons. The summed E-state index contributed by atoms with van der Waals surface area (Å²) < 4.78 is 11.1. The van der Waals surface area contributed by atoms with Crippen LogP contribution in [0.15, 0.2) is 22.9 Å². The molecule has 1 atom stereocenters. The molecule has 0 saturated carbocycles. The maximum atomic E-state index is 5.75. The van der Waals surface area contributed by atoms with Crippen LogP contribution in [0.25, 0.3) is 11.5 Å². The summed E-state index contributed by atoms with van der Waals surface area (Å²) >= 11 is 0. The van der Waals surface area contributed by atoms with Gasteiger partial charge >= 0.3 is 0 Å². The summed E-state index contributed by atoms with van der Waals surface area (Å²) in [6, 6.07) is 3.97. The van der Waals surface area contributed by atoms with Crippen molar-refractivity contribution in [2.45, 2.75) is 26.0 Å². The van der Waals surface area contributed by atoms with Gasteiger partial charge in [-0.25, -0.2) is 4.98 Å². The van der Waals surface area contributed by atoms with Crippen LogP contribution in [0, 0.1) is 0 Å². The van der Waals surface area contributed by atoms with E-state index in [1.807, 2.05) is 0 Å². The monoisotopic (exact) mass is 289 g/mol. The highest BCUT2D eigenvalue weighted by molar-refractivity contribution is 5.56. The lowest BCUT2D eigenvalue weighted by Gasteiger charge is -2.34. The van der Waals surface area contributed by atoms with Crippen LogP contribution in [0.3, 0.4) is 0 Å². The summed E-state index contributed by atoms with van der Waals surface area (Å²) in [5.41, 5.74) is 6.43. The quantitative estimate of drug-likeness (QED) is 0.915. The minimum absolute atomic E-state index is 0.155. The molecule has 7 heteroatoms. The summed E-state index contributed by atoms with van der Waals surface area (Å²) in [6.45, 7) is 6.72. The van der Waals surface area contributed by atoms with Gasteiger partial charge in [-0.05, 0) is 26.0 Å². The summed E-state index contributed by atoms with van der Waals surface area (Å²) in [4.78, 5) is 10.7. The third-order valence-corrected chi connectivity index (χ3v) is 3.59. The molecule has 7 nitrogen and oxygen atoms in total. The first kappa shape index (κ1) is 14.0. The van der Waals surface area contributed by atoms with E-state index in [0.717, 1.165) is 18.7 Å². The van der Waals surface area contributed by atoms with Gasteiger partial charge in [-0.15, -0.1) is 0 Å². The van der Waals surface area contributed by atoms with E-state index in [-0.39, 0.29) is 6.10 Å². The van der Waals surface area contributed by atoms with Crippen molar-refractivity contribution in [2.24, 2.45) is 0 Å². The van der Waals surface area contributed by atoms with E-state index in [1.165, 1.54) is 0 Å². The molecule has 1 fully saturated rings. The van der Waals surface area contributed by atoms with E-state index < -0.39 is 0 Å². The number of nitrogen functional groups attached to an aromatic ring is 1. The van der Waals surface area contributed by atoms with E-state index in [2.05, 4.69) is 33.9 Å². The Morgan fingerprint density at radius 3 is 3.05 bits per heavy atom. The van der Waals surface area contributed by atoms with Crippen molar-refractivity contribution in [3.05, 3.63) is 24.2 Å². The van der Waals surface area contributed by atoms with E-state index in [1.54, 1.807) is 18.3 Å². The van der Waals surface area contributed by atoms with Crippen molar-refractivity contribution < 1.29 is 9.26 Å². The number of nitrogens with two attached hydrogens (primary N) is 1. The largest absolute Gasteiger partial charge is 0.384 e. The van der Waals surface area contributed by atoms with Crippen LogP contribution in [0.4, 0.5) is 5.82 Å². The number of hydrogen-bond donors (Lipinski definition) is 1. The maximum Gasteiger partial charge on any atom is 0.258 e. The van der Waals surface area contributed by atoms with Crippen molar-refractivity contribution >= 4 is 5.82 Å². The highest BCUT2D eigenvalue weighted by atomic mass is 16.5. The van der Waals surface area contributed by atoms with Crippen LogP contribution in [-0.2, 0) is 4.74 Å². The number of ether oxygens (including phenoxy) is 1. The fourth-order valence-corrected chi connectivity index (χ4v) is 2.36. The molecule has 0 aromatic carbocycles. The zero-order valence-electron chi connectivity index (χ0n) is 12.2. The lowest BCUT2D eigenvalue weighted by Crippen LogP contribution is -2.42. The molecule has 3 rings (SSSR count). The summed E-state index contributed by atoms with van der Waals surface area (Å²) in [5, 5.41) is 4.04. The average molecular weight is 289 g/mol. The number of aromatic nitrogens is 3. The number of nitrogens with zero attached hydrogens (tertiary/aromatic N) is 4. The lowest BCUT2D eigenvalue weighted by atomic mass is 10.2. The number of hydrogen-bond acceptors (Lipinski definition) is 7. The highest BCUT2D eigenvalue weighted by Crippen LogP contribution is 2.24. The molecule has 21 heavy (non-hydrogen) atoms. The van der Waals surface area contributed by atoms with Gasteiger partial charge in [-0.3, -0.25) is 4.90 Å². The SMILES string of the molecule is CC(C)N1CCOC(c2noc(-c3ccnc(N)c3)n2)C1. The highest BCUT2D eigenvalue weighted by Gasteiger charge is 2.27. The molecule has 1 saturated heterocycles. The van der Waals surface area contributed by atoms with Crippen LogP contribution in [0.2, 0.25) is 0 Å². The van der Waals surface area contributed by atoms with Crippen molar-refractivity contribution in [2.75, 3.05) is 25.4 Å². The summed E-state index contributed by atoms with van der Waals surface area (Å²) in [5.74, 6) is 1.43. The molecule has 3 heterocycles. The lowest BCUT2D eigenvalue weighted by molar-refractivity contribution is -0.0450. The third kappa shape index (κ3) is 3.03. The van der Waals surface area contributed by atoms with Gasteiger partial charge in [-0.2, -0.15) is 4.98 Å². The molecular formula is C14H19N5O2. The van der Waals surface area contributed by atoms with E-state index >= 15 is 0 Å². The van der Waals surface area contributed by atoms with Gasteiger partial charge in [0.25, 0.3) is 5.89 Å². The average Bonchev–Trinajstić information content (AvgIpc) is 2.97. The van der Waals surface area contributed by atoms with Crippen LogP contribution < -0.4 is 5.73 Å². The molecule has 0 spiro atoms. The molecule has 2 aromatic rings. The normalized spacial score (nSPS) is 20.0. The molecule has 112 valence electrons. The first-order valence-corrected chi connectivity index (χ1v) is 7.04. The topological polar surface area (TPSA) is 90.3 Å². The van der Waals surface area contributed by atoms with Crippen LogP contribution in [-0.4, -0.2) is 45.8 Å². The Balaban J connectivity index is 1.78. The smallest absolute Gasteiger partial charge is 0.258 e. The predicted octanol–water partition coefficient (Wildman–Crippen LogP) is 1.50. The zero-order valence-corrected chi connectivity index (χ0v) is 12.2. The molecule has 2 N–H and O–H groups in total. The number of rotatable bonds is 3. The zero-order chi connectivity index (χ0) is 14.8. The summed E-state index contributed by atoms with van der Waals surface area (Å²) in [6.07, 6.45) is 1.46. The Hall–Kier alpha value is -1.99. The number of morpholine rings is 1. The molecular weight excluding hydrogens is 270 g/mol. The van der Waals surface area contributed by atoms with Gasteiger partial charge in [0.05, 0.1) is 6.61 Å². The van der Waals surface area contributed by atoms with Crippen LogP contribution >= 0.6 is 0 Å². The Bertz CT molecular complexity index is 613. The van der Waals surface area contributed by atoms with Crippen LogP contribution in [0.5, 0.6) is 0 Å². The predicted molar refractivity (Wildman–Crippen MR) is 77.3 cm³/mol. The fraction of sp³-hybridized carbons (Fsp3) is 0.500. The standard InChI is InChI=1S/C14H19N5O2/c1-9(2)19-5-6-20-11(8-19)13-17-14(21-18-13)10-3-4-16-12(15)7-10/h3-4,7,9,11H,5-6,8H2,1-2H3,(H2,15,16). The fourth-order valence-electron chi connectivity index (χ4n) is 2.36. The van der Waals surface area contributed by atoms with Crippen molar-refractivity contribution in [1.82, 2.24) is 20.0 Å². The third-order valence-electron chi connectivity index (χ3n) is 3.59. The number of pyridine rings is 1. The Morgan fingerprint density at radius 1 is 1.43 bits per heavy atom. The molecule has 1 aliphatic rings. The van der Waals surface area contributed by atoms with Gasteiger partial charge in [0, 0.05) is 30.9 Å². The minimum Gasteiger partial charge on any atom is -0.384 e. The Morgan fingerprint density at radius 2 is 2.29 bits per heavy atom. The van der Waals surface area contributed by atoms with Gasteiger partial charge in [0.15, 0.2) is 0 Å². The second-order valence-electron chi connectivity index (χ2n) is 5.38. The molecule has 1 aliphatic heterocycles. The number of anilines is 1. The first-order valence-electron chi connectivity index (χ1n) is 7.04. The molecule has 1 unspecified atom stereocenters. The van der Waals surface area contributed by atoms with Gasteiger partial charge in [0.2, 0.25) is 5.82 Å². The molecule has 0 aliphatic carbocycles. The van der Waals surface area contributed by atoms with Crippen molar-refractivity contribution in [3.63, 3.8) is 0 Å². The second kappa shape index (κ2) is 5.79. The van der Waals surface area contributed by atoms with E-state index in [0.29, 0.717) is 30.2 Å². The van der Waals surface area contributed by atoms with Crippen molar-refractivity contribution in [3.8, 4) is 11.5 Å². The van der Waals surface area contributed by atoms with Gasteiger partial charge < -0.3 is 15.0 Å². The Labute approximate surface area is 123 Å². The molecule has 0 bridgehead atoms.